The van der Waals surface area contributed by atoms with Gasteiger partial charge in [0, 0.05) is 19.6 Å². The van der Waals surface area contributed by atoms with Gasteiger partial charge in [0.05, 0.1) is 5.92 Å². The Morgan fingerprint density at radius 3 is 2.47 bits per heavy atom. The Hall–Kier alpha value is -0.660. The van der Waals surface area contributed by atoms with Crippen LogP contribution < -0.4 is 4.72 Å². The Morgan fingerprint density at radius 1 is 1.37 bits per heavy atom. The monoisotopic (exact) mass is 290 g/mol. The van der Waals surface area contributed by atoms with Gasteiger partial charge in [0.25, 0.3) is 10.2 Å². The number of piperidine rings is 1. The van der Waals surface area contributed by atoms with Crippen molar-refractivity contribution in [3.8, 4) is 0 Å². The molecule has 2 rings (SSSR count). The van der Waals surface area contributed by atoms with Crippen molar-refractivity contribution in [3.05, 3.63) is 0 Å². The molecule has 0 bridgehead atoms. The number of hydrogen-bond acceptors (Lipinski definition) is 3. The van der Waals surface area contributed by atoms with Crippen LogP contribution in [0.5, 0.6) is 0 Å². The highest BCUT2D eigenvalue weighted by atomic mass is 32.2. The third-order valence-electron chi connectivity index (χ3n) is 4.26. The Bertz CT molecular complexity index is 429. The molecule has 0 amide bonds. The van der Waals surface area contributed by atoms with Gasteiger partial charge in [0.15, 0.2) is 0 Å². The smallest absolute Gasteiger partial charge is 0.306 e. The van der Waals surface area contributed by atoms with E-state index in [1.807, 2.05) is 0 Å². The van der Waals surface area contributed by atoms with Crippen LogP contribution in [-0.4, -0.2) is 43.4 Å². The fourth-order valence-electron chi connectivity index (χ4n) is 2.64. The quantitative estimate of drug-likeness (QED) is 0.752. The van der Waals surface area contributed by atoms with Gasteiger partial charge in [0.1, 0.15) is 0 Å². The Kier molecular flexibility index (Phi) is 4.47. The van der Waals surface area contributed by atoms with E-state index in [4.69, 9.17) is 5.11 Å². The third kappa shape index (κ3) is 3.67. The lowest BCUT2D eigenvalue weighted by molar-refractivity contribution is -0.138. The molecule has 6 nitrogen and oxygen atoms in total. The maximum absolute atomic E-state index is 12.1. The third-order valence-corrected chi connectivity index (χ3v) is 5.83. The number of nitrogens with one attached hydrogen (secondary N) is 1. The molecule has 2 fully saturated rings. The second kappa shape index (κ2) is 5.76. The van der Waals surface area contributed by atoms with Gasteiger partial charge in [-0.3, -0.25) is 4.79 Å². The number of carbonyl (C=O) groups is 1. The molecule has 1 heterocycles. The minimum absolute atomic E-state index is 0.0412. The topological polar surface area (TPSA) is 86.7 Å². The zero-order valence-electron chi connectivity index (χ0n) is 11.2. The van der Waals surface area contributed by atoms with Crippen LogP contribution in [0.25, 0.3) is 0 Å². The molecule has 0 radical (unpaired) electrons. The molecule has 2 N–H and O–H groups in total. The van der Waals surface area contributed by atoms with Crippen LogP contribution in [0.1, 0.15) is 32.6 Å². The SMILES string of the molecule is CCC1CCN(S(=O)(=O)NC[C@@H]2C[C@H]2C(=O)O)CC1. The van der Waals surface area contributed by atoms with Gasteiger partial charge in [-0.1, -0.05) is 13.3 Å². The van der Waals surface area contributed by atoms with Crippen LogP contribution in [-0.2, 0) is 15.0 Å². The summed E-state index contributed by atoms with van der Waals surface area (Å²) in [5, 5.41) is 8.77. The fraction of sp³-hybridized carbons (Fsp3) is 0.917. The summed E-state index contributed by atoms with van der Waals surface area (Å²) < 4.78 is 28.1. The van der Waals surface area contributed by atoms with Gasteiger partial charge >= 0.3 is 5.97 Å². The summed E-state index contributed by atoms with van der Waals surface area (Å²) >= 11 is 0. The molecule has 19 heavy (non-hydrogen) atoms. The number of carboxylic acid groups (broad SMARTS) is 1. The summed E-state index contributed by atoms with van der Waals surface area (Å²) in [5.41, 5.74) is 0. The average Bonchev–Trinajstić information content (AvgIpc) is 3.16. The molecule has 1 aliphatic heterocycles. The fourth-order valence-corrected chi connectivity index (χ4v) is 3.94. The molecule has 1 saturated heterocycles. The first-order valence-electron chi connectivity index (χ1n) is 6.91. The standard InChI is InChI=1S/C12H22N2O4S/c1-2-9-3-5-14(6-4-9)19(17,18)13-8-10-7-11(10)12(15)16/h9-11,13H,2-8H2,1H3,(H,15,16)/t10-,11+/m0/s1. The summed E-state index contributed by atoms with van der Waals surface area (Å²) in [6, 6.07) is 0. The maximum Gasteiger partial charge on any atom is 0.306 e. The van der Waals surface area contributed by atoms with Crippen molar-refractivity contribution in [2.24, 2.45) is 17.8 Å². The van der Waals surface area contributed by atoms with Crippen LogP contribution >= 0.6 is 0 Å². The zero-order valence-corrected chi connectivity index (χ0v) is 12.0. The highest BCUT2D eigenvalue weighted by Crippen LogP contribution is 2.38. The van der Waals surface area contributed by atoms with Crippen molar-refractivity contribution in [1.82, 2.24) is 9.03 Å². The van der Waals surface area contributed by atoms with Crippen molar-refractivity contribution in [3.63, 3.8) is 0 Å². The summed E-state index contributed by atoms with van der Waals surface area (Å²) in [6.07, 6.45) is 3.51. The molecule has 0 spiro atoms. The lowest BCUT2D eigenvalue weighted by atomic mass is 9.96. The maximum atomic E-state index is 12.1. The highest BCUT2D eigenvalue weighted by molar-refractivity contribution is 7.87. The molecular weight excluding hydrogens is 268 g/mol. The molecule has 0 unspecified atom stereocenters. The predicted octanol–water partition coefficient (Wildman–Crippen LogP) is 0.663. The van der Waals surface area contributed by atoms with E-state index in [1.165, 1.54) is 4.31 Å². The van der Waals surface area contributed by atoms with Crippen LogP contribution in [0.4, 0.5) is 0 Å². The van der Waals surface area contributed by atoms with E-state index in [-0.39, 0.29) is 18.4 Å². The molecule has 110 valence electrons. The van der Waals surface area contributed by atoms with E-state index in [9.17, 15) is 13.2 Å². The number of aliphatic carboxylic acids is 1. The molecule has 7 heteroatoms. The van der Waals surface area contributed by atoms with E-state index >= 15 is 0 Å². The first-order valence-corrected chi connectivity index (χ1v) is 8.35. The lowest BCUT2D eigenvalue weighted by Gasteiger charge is -2.30. The minimum atomic E-state index is -3.43. The van der Waals surface area contributed by atoms with Crippen molar-refractivity contribution >= 4 is 16.2 Å². The van der Waals surface area contributed by atoms with E-state index in [1.54, 1.807) is 0 Å². The Morgan fingerprint density at radius 2 is 2.00 bits per heavy atom. The molecule has 2 atom stereocenters. The minimum Gasteiger partial charge on any atom is -0.481 e. The highest BCUT2D eigenvalue weighted by Gasteiger charge is 2.43. The van der Waals surface area contributed by atoms with Crippen LogP contribution in [0.15, 0.2) is 0 Å². The van der Waals surface area contributed by atoms with Gasteiger partial charge in [-0.2, -0.15) is 12.7 Å². The van der Waals surface area contributed by atoms with E-state index in [2.05, 4.69) is 11.6 Å². The largest absolute Gasteiger partial charge is 0.481 e. The Balaban J connectivity index is 1.78. The number of carboxylic acids is 1. The van der Waals surface area contributed by atoms with Crippen LogP contribution in [0, 0.1) is 17.8 Å². The number of rotatable bonds is 6. The van der Waals surface area contributed by atoms with Gasteiger partial charge in [-0.05, 0) is 31.1 Å². The van der Waals surface area contributed by atoms with Crippen molar-refractivity contribution in [2.45, 2.75) is 32.6 Å². The summed E-state index contributed by atoms with van der Waals surface area (Å²) in [4.78, 5) is 10.7. The van der Waals surface area contributed by atoms with Gasteiger partial charge in [-0.25, -0.2) is 4.72 Å². The number of hydrogen-bond donors (Lipinski definition) is 2. The van der Waals surface area contributed by atoms with E-state index < -0.39 is 16.2 Å². The van der Waals surface area contributed by atoms with Crippen LogP contribution in [0.3, 0.4) is 0 Å². The first-order chi connectivity index (χ1) is 8.94. The lowest BCUT2D eigenvalue weighted by Crippen LogP contribution is -2.45. The predicted molar refractivity (Wildman–Crippen MR) is 70.7 cm³/mol. The molecule has 0 aromatic heterocycles. The second-order valence-electron chi connectivity index (χ2n) is 5.54. The van der Waals surface area contributed by atoms with Gasteiger partial charge in [-0.15, -0.1) is 0 Å². The van der Waals surface area contributed by atoms with Gasteiger partial charge in [0.2, 0.25) is 0 Å². The normalized spacial score (nSPS) is 29.3. The summed E-state index contributed by atoms with van der Waals surface area (Å²) in [7, 11) is -3.43. The number of nitrogens with zero attached hydrogens (tertiary/aromatic N) is 1. The molecule has 0 aromatic carbocycles. The average molecular weight is 290 g/mol. The summed E-state index contributed by atoms with van der Waals surface area (Å²) in [5.74, 6) is -0.604. The second-order valence-corrected chi connectivity index (χ2v) is 7.30. The van der Waals surface area contributed by atoms with Gasteiger partial charge < -0.3 is 5.11 Å². The molecule has 1 aliphatic carbocycles. The zero-order chi connectivity index (χ0) is 14.0. The van der Waals surface area contributed by atoms with E-state index in [0.717, 1.165) is 19.3 Å². The van der Waals surface area contributed by atoms with Crippen molar-refractivity contribution in [2.75, 3.05) is 19.6 Å². The van der Waals surface area contributed by atoms with Crippen molar-refractivity contribution in [1.29, 1.82) is 0 Å². The molecule has 1 saturated carbocycles. The first kappa shape index (κ1) is 14.7. The summed E-state index contributed by atoms with van der Waals surface area (Å²) in [6.45, 7) is 3.51. The van der Waals surface area contributed by atoms with Crippen molar-refractivity contribution < 1.29 is 18.3 Å². The molecule has 0 aromatic rings. The molecular formula is C12H22N2O4S. The van der Waals surface area contributed by atoms with E-state index in [0.29, 0.717) is 25.4 Å². The van der Waals surface area contributed by atoms with Crippen LogP contribution in [0.2, 0.25) is 0 Å². The Labute approximate surface area is 114 Å². The molecule has 2 aliphatic rings.